The summed E-state index contributed by atoms with van der Waals surface area (Å²) in [7, 11) is 0. The number of anilines is 2. The fourth-order valence-corrected chi connectivity index (χ4v) is 2.71. The molecule has 0 unspecified atom stereocenters. The van der Waals surface area contributed by atoms with Gasteiger partial charge in [0.2, 0.25) is 5.91 Å². The van der Waals surface area contributed by atoms with Crippen LogP contribution in [0.5, 0.6) is 5.75 Å². The maximum Gasteiger partial charge on any atom is 0.417 e. The maximum atomic E-state index is 13.4. The van der Waals surface area contributed by atoms with Crippen LogP contribution in [0.15, 0.2) is 42.5 Å². The molecule has 0 bridgehead atoms. The van der Waals surface area contributed by atoms with Crippen molar-refractivity contribution in [2.24, 2.45) is 0 Å². The Morgan fingerprint density at radius 2 is 1.74 bits per heavy atom. The zero-order valence-corrected chi connectivity index (χ0v) is 16.1. The van der Waals surface area contributed by atoms with Gasteiger partial charge in [-0.05, 0) is 36.4 Å². The number of nitrogens with zero attached hydrogens (tertiary/aromatic N) is 2. The van der Waals surface area contributed by atoms with Gasteiger partial charge in [0.15, 0.2) is 5.69 Å². The van der Waals surface area contributed by atoms with E-state index < -0.39 is 36.7 Å². The minimum absolute atomic E-state index is 0.264. The van der Waals surface area contributed by atoms with Crippen molar-refractivity contribution in [3.05, 3.63) is 59.4 Å². The average molecular weight is 445 g/mol. The van der Waals surface area contributed by atoms with Crippen molar-refractivity contribution in [2.45, 2.75) is 19.3 Å². The number of nitrogens with one attached hydrogen (secondary N) is 1. The van der Waals surface area contributed by atoms with Crippen molar-refractivity contribution in [1.29, 1.82) is 0 Å². The molecule has 0 radical (unpaired) electrons. The molecule has 0 aromatic heterocycles. The Labute approximate surface area is 174 Å². The highest BCUT2D eigenvalue weighted by molar-refractivity contribution is 5.88. The number of hydrogen-bond acceptors (Lipinski definition) is 3. The first-order valence-electron chi connectivity index (χ1n) is 8.80. The van der Waals surface area contributed by atoms with Crippen LogP contribution in [0.2, 0.25) is 0 Å². The lowest BCUT2D eigenvalue weighted by atomic mass is 10.1. The predicted octanol–water partition coefficient (Wildman–Crippen LogP) is 5.66. The lowest BCUT2D eigenvalue weighted by Gasteiger charge is -2.29. The van der Waals surface area contributed by atoms with E-state index in [-0.39, 0.29) is 24.0 Å². The molecule has 0 fully saturated rings. The summed E-state index contributed by atoms with van der Waals surface area (Å²) in [6, 6.07) is 8.35. The molecule has 0 spiro atoms. The highest BCUT2D eigenvalue weighted by Gasteiger charge is 2.38. The van der Waals surface area contributed by atoms with Gasteiger partial charge in [-0.1, -0.05) is 6.07 Å². The third kappa shape index (κ3) is 7.40. The lowest BCUT2D eigenvalue weighted by Crippen LogP contribution is -2.38. The predicted molar refractivity (Wildman–Crippen MR) is 102 cm³/mol. The largest absolute Gasteiger partial charge is 0.492 e. The van der Waals surface area contributed by atoms with E-state index in [1.807, 2.05) is 0 Å². The van der Waals surface area contributed by atoms with Gasteiger partial charge in [-0.25, -0.2) is 4.85 Å². The number of amides is 1. The normalized spacial score (nSPS) is 11.5. The Bertz CT molecular complexity index is 949. The van der Waals surface area contributed by atoms with Crippen LogP contribution in [0.1, 0.15) is 12.5 Å². The van der Waals surface area contributed by atoms with E-state index in [1.165, 1.54) is 31.2 Å². The molecule has 0 aliphatic heterocycles. The van der Waals surface area contributed by atoms with Crippen molar-refractivity contribution >= 4 is 23.0 Å². The van der Waals surface area contributed by atoms with Gasteiger partial charge < -0.3 is 15.0 Å². The minimum Gasteiger partial charge on any atom is -0.492 e. The SMILES string of the molecule is [C-]#[N+]c1ccc(N(CCOc2ccc(NC(C)=O)cc2)CC(F)(F)F)c(C(F)(F)F)c1. The van der Waals surface area contributed by atoms with E-state index >= 15 is 0 Å². The molecule has 5 nitrogen and oxygen atoms in total. The minimum atomic E-state index is -4.94. The molecule has 166 valence electrons. The number of hydrogen-bond donors (Lipinski definition) is 1. The van der Waals surface area contributed by atoms with Gasteiger partial charge in [0.1, 0.15) is 18.9 Å². The van der Waals surface area contributed by atoms with Gasteiger partial charge in [0.25, 0.3) is 0 Å². The molecule has 11 heteroatoms. The first-order chi connectivity index (χ1) is 14.4. The molecule has 2 aromatic carbocycles. The molecule has 31 heavy (non-hydrogen) atoms. The van der Waals surface area contributed by atoms with Crippen LogP contribution in [-0.2, 0) is 11.0 Å². The van der Waals surface area contributed by atoms with Gasteiger partial charge in [0.05, 0.1) is 18.7 Å². The van der Waals surface area contributed by atoms with Crippen LogP contribution in [-0.4, -0.2) is 31.8 Å². The molecule has 0 atom stereocenters. The Morgan fingerprint density at radius 3 is 2.26 bits per heavy atom. The first kappa shape index (κ1) is 23.9. The second kappa shape index (κ2) is 9.59. The Morgan fingerprint density at radius 1 is 1.10 bits per heavy atom. The fourth-order valence-electron chi connectivity index (χ4n) is 2.71. The van der Waals surface area contributed by atoms with Crippen LogP contribution in [0, 0.1) is 6.57 Å². The third-order valence-corrected chi connectivity index (χ3v) is 3.93. The summed E-state index contributed by atoms with van der Waals surface area (Å²) in [6.07, 6.45) is -9.71. The summed E-state index contributed by atoms with van der Waals surface area (Å²) in [5.74, 6) is -0.0263. The van der Waals surface area contributed by atoms with Gasteiger partial charge >= 0.3 is 12.4 Å². The molecule has 2 aromatic rings. The highest BCUT2D eigenvalue weighted by Crippen LogP contribution is 2.39. The highest BCUT2D eigenvalue weighted by atomic mass is 19.4. The molecule has 0 saturated carbocycles. The lowest BCUT2D eigenvalue weighted by molar-refractivity contribution is -0.138. The van der Waals surface area contributed by atoms with E-state index in [2.05, 4.69) is 10.2 Å². The van der Waals surface area contributed by atoms with E-state index in [0.29, 0.717) is 16.7 Å². The standard InChI is InChI=1S/C20H17F6N3O2/c1-13(30)28-14-3-6-16(7-4-14)31-10-9-29(12-19(21,22)23)18-8-5-15(27-2)11-17(18)20(24,25)26/h3-8,11H,9-10,12H2,1H3,(H,28,30). The van der Waals surface area contributed by atoms with Crippen molar-refractivity contribution in [1.82, 2.24) is 0 Å². The van der Waals surface area contributed by atoms with Crippen LogP contribution < -0.4 is 15.0 Å². The van der Waals surface area contributed by atoms with Gasteiger partial charge in [-0.3, -0.25) is 4.79 Å². The first-order valence-corrected chi connectivity index (χ1v) is 8.80. The van der Waals surface area contributed by atoms with Crippen LogP contribution >= 0.6 is 0 Å². The summed E-state index contributed by atoms with van der Waals surface area (Å²) < 4.78 is 84.6. The van der Waals surface area contributed by atoms with Gasteiger partial charge in [-0.2, -0.15) is 26.3 Å². The zero-order valence-electron chi connectivity index (χ0n) is 16.1. The Hall–Kier alpha value is -3.42. The summed E-state index contributed by atoms with van der Waals surface area (Å²) in [4.78, 5) is 14.4. The van der Waals surface area contributed by atoms with Crippen LogP contribution in [0.4, 0.5) is 43.4 Å². The molecular formula is C20H17F6N3O2. The van der Waals surface area contributed by atoms with E-state index in [1.54, 1.807) is 0 Å². The number of rotatable bonds is 7. The molecular weight excluding hydrogens is 428 g/mol. The third-order valence-electron chi connectivity index (χ3n) is 3.93. The second-order valence-corrected chi connectivity index (χ2v) is 6.40. The number of ether oxygens (including phenoxy) is 1. The summed E-state index contributed by atoms with van der Waals surface area (Å²) in [6.45, 7) is 5.71. The molecule has 0 saturated heterocycles. The van der Waals surface area contributed by atoms with Crippen molar-refractivity contribution in [2.75, 3.05) is 29.9 Å². The smallest absolute Gasteiger partial charge is 0.417 e. The van der Waals surface area contributed by atoms with Gasteiger partial charge in [0, 0.05) is 18.3 Å². The number of halogens is 6. The Balaban J connectivity index is 2.20. The van der Waals surface area contributed by atoms with Crippen LogP contribution in [0.25, 0.3) is 4.85 Å². The Kier molecular flexibility index (Phi) is 7.38. The number of alkyl halides is 6. The summed E-state index contributed by atoms with van der Waals surface area (Å²) >= 11 is 0. The maximum absolute atomic E-state index is 13.4. The van der Waals surface area contributed by atoms with E-state index in [9.17, 15) is 31.1 Å². The molecule has 0 aliphatic carbocycles. The monoisotopic (exact) mass is 445 g/mol. The van der Waals surface area contributed by atoms with Gasteiger partial charge in [-0.15, -0.1) is 0 Å². The molecule has 0 heterocycles. The topological polar surface area (TPSA) is 45.9 Å². The molecule has 0 aliphatic rings. The van der Waals surface area contributed by atoms with Crippen molar-refractivity contribution in [3.63, 3.8) is 0 Å². The second-order valence-electron chi connectivity index (χ2n) is 6.40. The average Bonchev–Trinajstić information content (AvgIpc) is 2.66. The van der Waals surface area contributed by atoms with Crippen LogP contribution in [0.3, 0.4) is 0 Å². The summed E-state index contributed by atoms with van der Waals surface area (Å²) in [5.41, 5.74) is -1.88. The molecule has 1 amide bonds. The van der Waals surface area contributed by atoms with Crippen molar-refractivity contribution in [3.8, 4) is 5.75 Å². The number of benzene rings is 2. The fraction of sp³-hybridized carbons (Fsp3) is 0.300. The number of carbonyl (C=O) groups excluding carboxylic acids is 1. The molecule has 1 N–H and O–H groups in total. The van der Waals surface area contributed by atoms with Crippen molar-refractivity contribution < 1.29 is 35.9 Å². The van der Waals surface area contributed by atoms with E-state index in [0.717, 1.165) is 12.1 Å². The molecule has 2 rings (SSSR count). The number of carbonyl (C=O) groups is 1. The van der Waals surface area contributed by atoms with E-state index in [4.69, 9.17) is 11.3 Å². The summed E-state index contributed by atoms with van der Waals surface area (Å²) in [5, 5.41) is 2.53. The quantitative estimate of drug-likeness (QED) is 0.442. The zero-order chi connectivity index (χ0) is 23.2.